The number of halogens is 2. The Bertz CT molecular complexity index is 1430. The van der Waals surface area contributed by atoms with Crippen LogP contribution >= 0.6 is 11.8 Å². The zero-order valence-electron chi connectivity index (χ0n) is 23.5. The summed E-state index contributed by atoms with van der Waals surface area (Å²) in [7, 11) is 0. The number of carbonyl (C=O) groups excluding carboxylic acids is 1. The lowest BCUT2D eigenvalue weighted by Crippen LogP contribution is -2.43. The number of aromatic nitrogens is 1. The van der Waals surface area contributed by atoms with Gasteiger partial charge in [0.25, 0.3) is 5.91 Å². The monoisotopic (exact) mass is 561 g/mol. The lowest BCUT2D eigenvalue weighted by atomic mass is 9.82. The standard InChI is InChI=1S/C33H37F2N3OS/c1-33(2,3)31(38(18-8-17-36)32(39)24-11-14-27(40-4)15-12-24)30-19-25(28-20-26(34)13-16-29(28)35)22-37(30)21-23-9-6-5-7-10-23/h5-7,9-16,19-20,22,31H,8,17-18,21,36H2,1-4H3. The molecule has 0 fully saturated rings. The van der Waals surface area contributed by atoms with Crippen LogP contribution in [0.5, 0.6) is 0 Å². The fraction of sp³-hybridized carbons (Fsp3) is 0.303. The maximum absolute atomic E-state index is 14.9. The number of amides is 1. The van der Waals surface area contributed by atoms with E-state index in [9.17, 15) is 13.6 Å². The SMILES string of the molecule is CSc1ccc(C(=O)N(CCCN)C(c2cc(-c3cc(F)ccc3F)cn2Cc2ccccc2)C(C)(C)C)cc1. The molecular weight excluding hydrogens is 524 g/mol. The van der Waals surface area contributed by atoms with Crippen LogP contribution in [0.2, 0.25) is 0 Å². The molecule has 1 aromatic heterocycles. The van der Waals surface area contributed by atoms with Gasteiger partial charge in [-0.2, -0.15) is 0 Å². The zero-order valence-corrected chi connectivity index (χ0v) is 24.3. The number of rotatable bonds is 10. The normalized spacial score (nSPS) is 12.4. The maximum Gasteiger partial charge on any atom is 0.254 e. The van der Waals surface area contributed by atoms with Crippen molar-refractivity contribution in [1.82, 2.24) is 9.47 Å². The van der Waals surface area contributed by atoms with Gasteiger partial charge in [-0.15, -0.1) is 11.8 Å². The smallest absolute Gasteiger partial charge is 0.254 e. The first-order valence-electron chi connectivity index (χ1n) is 13.5. The molecule has 0 aliphatic carbocycles. The van der Waals surface area contributed by atoms with Crippen molar-refractivity contribution in [1.29, 1.82) is 0 Å². The second-order valence-corrected chi connectivity index (χ2v) is 11.9. The summed E-state index contributed by atoms with van der Waals surface area (Å²) >= 11 is 1.62. The Morgan fingerprint density at radius 1 is 1.00 bits per heavy atom. The molecular formula is C33H37F2N3OS. The van der Waals surface area contributed by atoms with E-state index >= 15 is 0 Å². The van der Waals surface area contributed by atoms with Crippen molar-refractivity contribution in [3.8, 4) is 11.1 Å². The number of carbonyl (C=O) groups is 1. The zero-order chi connectivity index (χ0) is 28.9. The summed E-state index contributed by atoms with van der Waals surface area (Å²) < 4.78 is 31.2. The van der Waals surface area contributed by atoms with E-state index in [1.54, 1.807) is 11.8 Å². The van der Waals surface area contributed by atoms with Gasteiger partial charge in [-0.05, 0) is 78.7 Å². The Kier molecular flexibility index (Phi) is 9.48. The molecule has 1 heterocycles. The number of benzene rings is 3. The van der Waals surface area contributed by atoms with Crippen LogP contribution < -0.4 is 5.73 Å². The van der Waals surface area contributed by atoms with E-state index in [4.69, 9.17) is 5.73 Å². The highest BCUT2D eigenvalue weighted by molar-refractivity contribution is 7.98. The van der Waals surface area contributed by atoms with Gasteiger partial charge in [0.2, 0.25) is 0 Å². The molecule has 0 aliphatic heterocycles. The fourth-order valence-electron chi connectivity index (χ4n) is 5.12. The largest absolute Gasteiger partial charge is 0.344 e. The molecule has 0 bridgehead atoms. The molecule has 1 atom stereocenters. The molecule has 40 heavy (non-hydrogen) atoms. The van der Waals surface area contributed by atoms with Gasteiger partial charge in [-0.1, -0.05) is 51.1 Å². The van der Waals surface area contributed by atoms with Gasteiger partial charge in [0, 0.05) is 46.6 Å². The molecule has 3 aromatic carbocycles. The van der Waals surface area contributed by atoms with E-state index in [1.165, 1.54) is 6.07 Å². The van der Waals surface area contributed by atoms with Crippen molar-refractivity contribution in [2.24, 2.45) is 11.1 Å². The Balaban J connectivity index is 1.88. The number of thioether (sulfide) groups is 1. The van der Waals surface area contributed by atoms with Crippen LogP contribution in [0, 0.1) is 17.0 Å². The van der Waals surface area contributed by atoms with E-state index in [2.05, 4.69) is 25.3 Å². The van der Waals surface area contributed by atoms with E-state index in [0.29, 0.717) is 37.2 Å². The minimum atomic E-state index is -0.505. The van der Waals surface area contributed by atoms with Crippen LogP contribution in [0.25, 0.3) is 11.1 Å². The number of nitrogens with two attached hydrogens (primary N) is 1. The Labute approximate surface area is 240 Å². The third kappa shape index (κ3) is 6.83. The molecule has 4 aromatic rings. The van der Waals surface area contributed by atoms with Crippen molar-refractivity contribution in [2.45, 2.75) is 44.7 Å². The summed E-state index contributed by atoms with van der Waals surface area (Å²) in [6.07, 6.45) is 4.49. The Hall–Kier alpha value is -3.42. The van der Waals surface area contributed by atoms with Crippen LogP contribution in [-0.4, -0.2) is 34.7 Å². The predicted molar refractivity (Wildman–Crippen MR) is 160 cm³/mol. The molecule has 2 N–H and O–H groups in total. The highest BCUT2D eigenvalue weighted by atomic mass is 32.2. The van der Waals surface area contributed by atoms with Crippen molar-refractivity contribution in [2.75, 3.05) is 19.3 Å². The van der Waals surface area contributed by atoms with Gasteiger partial charge in [0.1, 0.15) is 11.6 Å². The summed E-state index contributed by atoms with van der Waals surface area (Å²) in [6.45, 7) is 7.71. The molecule has 0 aliphatic rings. The highest BCUT2D eigenvalue weighted by Crippen LogP contribution is 2.41. The minimum Gasteiger partial charge on any atom is -0.344 e. The van der Waals surface area contributed by atoms with Crippen LogP contribution in [0.1, 0.15) is 54.8 Å². The predicted octanol–water partition coefficient (Wildman–Crippen LogP) is 7.78. The molecule has 0 saturated carbocycles. The first kappa shape index (κ1) is 29.6. The summed E-state index contributed by atoms with van der Waals surface area (Å²) in [5.41, 5.74) is 8.79. The average molecular weight is 562 g/mol. The van der Waals surface area contributed by atoms with Gasteiger partial charge < -0.3 is 15.2 Å². The van der Waals surface area contributed by atoms with Crippen molar-refractivity contribution < 1.29 is 13.6 Å². The number of hydrogen-bond acceptors (Lipinski definition) is 3. The molecule has 0 saturated heterocycles. The summed E-state index contributed by atoms with van der Waals surface area (Å²) in [5, 5.41) is 0. The van der Waals surface area contributed by atoms with E-state index in [1.807, 2.05) is 78.0 Å². The van der Waals surface area contributed by atoms with Crippen molar-refractivity contribution in [3.05, 3.63) is 114 Å². The number of nitrogens with zero attached hydrogens (tertiary/aromatic N) is 2. The first-order valence-corrected chi connectivity index (χ1v) is 14.7. The second-order valence-electron chi connectivity index (χ2n) is 11.0. The van der Waals surface area contributed by atoms with Gasteiger partial charge >= 0.3 is 0 Å². The Morgan fingerprint density at radius 3 is 2.33 bits per heavy atom. The quantitative estimate of drug-likeness (QED) is 0.201. The van der Waals surface area contributed by atoms with Crippen LogP contribution in [0.3, 0.4) is 0 Å². The summed E-state index contributed by atoms with van der Waals surface area (Å²) in [4.78, 5) is 17.1. The topological polar surface area (TPSA) is 51.3 Å². The molecule has 7 heteroatoms. The van der Waals surface area contributed by atoms with Crippen LogP contribution in [0.15, 0.2) is 90.0 Å². The van der Waals surface area contributed by atoms with Gasteiger partial charge in [0.05, 0.1) is 6.04 Å². The minimum absolute atomic E-state index is 0.0908. The van der Waals surface area contributed by atoms with E-state index in [-0.39, 0.29) is 17.5 Å². The molecule has 1 amide bonds. The van der Waals surface area contributed by atoms with Crippen LogP contribution in [-0.2, 0) is 6.54 Å². The van der Waals surface area contributed by atoms with E-state index in [0.717, 1.165) is 28.3 Å². The molecule has 4 nitrogen and oxygen atoms in total. The maximum atomic E-state index is 14.9. The van der Waals surface area contributed by atoms with Gasteiger partial charge in [0.15, 0.2) is 0 Å². The van der Waals surface area contributed by atoms with Crippen LogP contribution in [0.4, 0.5) is 8.78 Å². The average Bonchev–Trinajstić information content (AvgIpc) is 3.34. The molecule has 0 spiro atoms. The van der Waals surface area contributed by atoms with Crippen molar-refractivity contribution >= 4 is 17.7 Å². The van der Waals surface area contributed by atoms with Gasteiger partial charge in [-0.25, -0.2) is 8.78 Å². The van der Waals surface area contributed by atoms with Gasteiger partial charge in [-0.3, -0.25) is 4.79 Å². The number of hydrogen-bond donors (Lipinski definition) is 1. The first-order chi connectivity index (χ1) is 19.1. The van der Waals surface area contributed by atoms with E-state index < -0.39 is 17.0 Å². The molecule has 1 unspecified atom stereocenters. The third-order valence-corrected chi connectivity index (χ3v) is 7.72. The summed E-state index contributed by atoms with van der Waals surface area (Å²) in [5.74, 6) is -1.09. The summed E-state index contributed by atoms with van der Waals surface area (Å²) in [6, 6.07) is 22.6. The second kappa shape index (κ2) is 12.8. The third-order valence-electron chi connectivity index (χ3n) is 6.98. The Morgan fingerprint density at radius 2 is 1.70 bits per heavy atom. The molecule has 0 radical (unpaired) electrons. The fourth-order valence-corrected chi connectivity index (χ4v) is 5.53. The molecule has 4 rings (SSSR count). The lowest BCUT2D eigenvalue weighted by molar-refractivity contribution is 0.0493. The van der Waals surface area contributed by atoms with Crippen molar-refractivity contribution in [3.63, 3.8) is 0 Å². The molecule has 210 valence electrons. The lowest BCUT2D eigenvalue weighted by Gasteiger charge is -2.41. The highest BCUT2D eigenvalue weighted by Gasteiger charge is 2.37.